The van der Waals surface area contributed by atoms with Crippen LogP contribution < -0.4 is 4.74 Å². The number of carbonyl (C=O) groups is 1. The van der Waals surface area contributed by atoms with Gasteiger partial charge in [-0.1, -0.05) is 42.5 Å². The largest absolute Gasteiger partial charge is 0.497 e. The molecule has 2 nitrogen and oxygen atoms in total. The summed E-state index contributed by atoms with van der Waals surface area (Å²) in [5, 5.41) is 0. The number of benzene rings is 2. The van der Waals surface area contributed by atoms with E-state index in [1.54, 1.807) is 7.11 Å². The molecule has 0 aliphatic heterocycles. The van der Waals surface area contributed by atoms with Gasteiger partial charge in [-0.3, -0.25) is 4.79 Å². The third kappa shape index (κ3) is 3.28. The second kappa shape index (κ2) is 6.61. The summed E-state index contributed by atoms with van der Waals surface area (Å²) in [6, 6.07) is 18.2. The fraction of sp³-hybridized carbons (Fsp3) is 0.250. The van der Waals surface area contributed by atoms with E-state index in [1.807, 2.05) is 48.5 Å². The third-order valence-corrected chi connectivity index (χ3v) is 4.28. The fourth-order valence-corrected chi connectivity index (χ4v) is 2.99. The van der Waals surface area contributed by atoms with Crippen molar-refractivity contribution in [3.63, 3.8) is 0 Å². The fourth-order valence-electron chi connectivity index (χ4n) is 2.99. The Morgan fingerprint density at radius 1 is 1.05 bits per heavy atom. The predicted molar refractivity (Wildman–Crippen MR) is 89.0 cm³/mol. The molecular formula is C20H20O2. The molecule has 0 saturated heterocycles. The second-order valence-electron chi connectivity index (χ2n) is 5.72. The molecule has 0 heterocycles. The number of ketones is 1. The van der Waals surface area contributed by atoms with Gasteiger partial charge in [0, 0.05) is 6.42 Å². The highest BCUT2D eigenvalue weighted by molar-refractivity contribution is 6.00. The topological polar surface area (TPSA) is 26.3 Å². The van der Waals surface area contributed by atoms with Crippen LogP contribution in [0.4, 0.5) is 0 Å². The van der Waals surface area contributed by atoms with E-state index in [4.69, 9.17) is 4.74 Å². The molecule has 0 spiro atoms. The Hall–Kier alpha value is -2.35. The van der Waals surface area contributed by atoms with E-state index in [0.29, 0.717) is 12.3 Å². The number of rotatable bonds is 3. The zero-order valence-electron chi connectivity index (χ0n) is 12.8. The average molecular weight is 292 g/mol. The highest BCUT2D eigenvalue weighted by Crippen LogP contribution is 2.34. The summed E-state index contributed by atoms with van der Waals surface area (Å²) in [5.41, 5.74) is 3.28. The minimum atomic E-state index is 0.274. The van der Waals surface area contributed by atoms with Gasteiger partial charge in [0.05, 0.1) is 7.11 Å². The second-order valence-corrected chi connectivity index (χ2v) is 5.72. The van der Waals surface area contributed by atoms with Gasteiger partial charge >= 0.3 is 0 Å². The van der Waals surface area contributed by atoms with Crippen LogP contribution in [0, 0.1) is 0 Å². The molecule has 3 rings (SSSR count). The van der Waals surface area contributed by atoms with Gasteiger partial charge in [0.2, 0.25) is 0 Å². The van der Waals surface area contributed by atoms with E-state index in [2.05, 4.69) is 12.1 Å². The summed E-state index contributed by atoms with van der Waals surface area (Å²) in [6.45, 7) is 0. The van der Waals surface area contributed by atoms with Crippen molar-refractivity contribution in [1.82, 2.24) is 0 Å². The maximum absolute atomic E-state index is 12.4. The number of hydrogen-bond acceptors (Lipinski definition) is 2. The Bertz CT molecular complexity index is 669. The molecule has 0 N–H and O–H groups in total. The van der Waals surface area contributed by atoms with Gasteiger partial charge < -0.3 is 4.74 Å². The van der Waals surface area contributed by atoms with Crippen LogP contribution in [-0.4, -0.2) is 12.9 Å². The van der Waals surface area contributed by atoms with Crippen LogP contribution in [0.15, 0.2) is 60.2 Å². The van der Waals surface area contributed by atoms with Gasteiger partial charge in [-0.15, -0.1) is 0 Å². The van der Waals surface area contributed by atoms with Crippen molar-refractivity contribution in [1.29, 1.82) is 0 Å². The van der Waals surface area contributed by atoms with Crippen LogP contribution in [-0.2, 0) is 4.79 Å². The van der Waals surface area contributed by atoms with Crippen molar-refractivity contribution in [2.24, 2.45) is 0 Å². The molecule has 1 unspecified atom stereocenters. The number of hydrogen-bond donors (Lipinski definition) is 0. The summed E-state index contributed by atoms with van der Waals surface area (Å²) < 4.78 is 5.16. The Labute approximate surface area is 131 Å². The molecule has 2 heteroatoms. The minimum Gasteiger partial charge on any atom is -0.497 e. The first kappa shape index (κ1) is 14.6. The Balaban J connectivity index is 1.72. The van der Waals surface area contributed by atoms with Gasteiger partial charge in [-0.2, -0.15) is 0 Å². The number of Topliss-reactive ketones (excluding diaryl/α,β-unsaturated/α-hetero) is 1. The van der Waals surface area contributed by atoms with Crippen LogP contribution in [0.25, 0.3) is 6.08 Å². The number of methoxy groups -OCH3 is 1. The quantitative estimate of drug-likeness (QED) is 0.772. The normalized spacial score (nSPS) is 20.1. The van der Waals surface area contributed by atoms with Crippen molar-refractivity contribution in [2.75, 3.05) is 7.11 Å². The van der Waals surface area contributed by atoms with E-state index < -0.39 is 0 Å². The van der Waals surface area contributed by atoms with Crippen molar-refractivity contribution in [3.8, 4) is 5.75 Å². The number of allylic oxidation sites excluding steroid dienone is 1. The summed E-state index contributed by atoms with van der Waals surface area (Å²) in [4.78, 5) is 12.4. The van der Waals surface area contributed by atoms with Crippen molar-refractivity contribution in [2.45, 2.75) is 25.2 Å². The molecule has 2 aromatic rings. The lowest BCUT2D eigenvalue weighted by molar-refractivity contribution is -0.116. The molecule has 1 atom stereocenters. The molecule has 1 saturated carbocycles. The molecule has 1 aliphatic carbocycles. The van der Waals surface area contributed by atoms with Crippen LogP contribution in [0.2, 0.25) is 0 Å². The highest BCUT2D eigenvalue weighted by atomic mass is 16.5. The number of ether oxygens (including phenoxy) is 1. The first-order valence-electron chi connectivity index (χ1n) is 7.69. The standard InChI is InChI=1S/C20H20O2/c1-22-19-11-7-15(8-12-19)13-18-10-9-17(14-20(18)21)16-5-3-2-4-6-16/h2-8,11-13,17H,9-10,14H2,1H3. The first-order valence-corrected chi connectivity index (χ1v) is 7.69. The van der Waals surface area contributed by atoms with E-state index >= 15 is 0 Å². The molecule has 0 radical (unpaired) electrons. The lowest BCUT2D eigenvalue weighted by Gasteiger charge is -2.23. The van der Waals surface area contributed by atoms with Crippen LogP contribution >= 0.6 is 0 Å². The van der Waals surface area contributed by atoms with Crippen molar-refractivity contribution >= 4 is 11.9 Å². The smallest absolute Gasteiger partial charge is 0.159 e. The van der Waals surface area contributed by atoms with Crippen molar-refractivity contribution in [3.05, 3.63) is 71.3 Å². The summed E-state index contributed by atoms with van der Waals surface area (Å²) in [6.07, 6.45) is 4.52. The van der Waals surface area contributed by atoms with Crippen LogP contribution in [0.1, 0.15) is 36.3 Å². The summed E-state index contributed by atoms with van der Waals surface area (Å²) >= 11 is 0. The predicted octanol–water partition coefficient (Wildman–Crippen LogP) is 4.62. The summed E-state index contributed by atoms with van der Waals surface area (Å²) in [7, 11) is 1.65. The first-order chi connectivity index (χ1) is 10.8. The van der Waals surface area contributed by atoms with Gasteiger partial charge in [0.15, 0.2) is 5.78 Å². The van der Waals surface area contributed by atoms with E-state index in [-0.39, 0.29) is 5.78 Å². The van der Waals surface area contributed by atoms with Crippen LogP contribution in [0.5, 0.6) is 5.75 Å². The van der Waals surface area contributed by atoms with E-state index in [9.17, 15) is 4.79 Å². The van der Waals surface area contributed by atoms with Gasteiger partial charge in [-0.25, -0.2) is 0 Å². The Kier molecular flexibility index (Phi) is 4.38. The van der Waals surface area contributed by atoms with Gasteiger partial charge in [-0.05, 0) is 53.7 Å². The zero-order valence-corrected chi connectivity index (χ0v) is 12.8. The Morgan fingerprint density at radius 2 is 1.77 bits per heavy atom. The molecule has 22 heavy (non-hydrogen) atoms. The lowest BCUT2D eigenvalue weighted by Crippen LogP contribution is -2.16. The highest BCUT2D eigenvalue weighted by Gasteiger charge is 2.24. The molecule has 0 aromatic heterocycles. The lowest BCUT2D eigenvalue weighted by atomic mass is 9.80. The molecule has 1 aliphatic rings. The van der Waals surface area contributed by atoms with Crippen molar-refractivity contribution < 1.29 is 9.53 Å². The zero-order chi connectivity index (χ0) is 15.4. The van der Waals surface area contributed by atoms with E-state index in [1.165, 1.54) is 5.56 Å². The number of carbonyl (C=O) groups excluding carboxylic acids is 1. The maximum Gasteiger partial charge on any atom is 0.159 e. The van der Waals surface area contributed by atoms with E-state index in [0.717, 1.165) is 29.7 Å². The third-order valence-electron chi connectivity index (χ3n) is 4.28. The SMILES string of the molecule is COc1ccc(C=C2CCC(c3ccccc3)CC2=O)cc1. The minimum absolute atomic E-state index is 0.274. The summed E-state index contributed by atoms with van der Waals surface area (Å²) in [5.74, 6) is 1.47. The molecular weight excluding hydrogens is 272 g/mol. The van der Waals surface area contributed by atoms with Crippen LogP contribution in [0.3, 0.4) is 0 Å². The molecule has 0 amide bonds. The maximum atomic E-state index is 12.4. The molecule has 0 bridgehead atoms. The monoisotopic (exact) mass is 292 g/mol. The van der Waals surface area contributed by atoms with Gasteiger partial charge in [0.25, 0.3) is 0 Å². The average Bonchev–Trinajstić information content (AvgIpc) is 2.58. The molecule has 112 valence electrons. The molecule has 1 fully saturated rings. The van der Waals surface area contributed by atoms with Gasteiger partial charge in [0.1, 0.15) is 5.75 Å². The molecule has 2 aromatic carbocycles. The Morgan fingerprint density at radius 3 is 2.41 bits per heavy atom.